The standard InChI is InChI=1S/C14H22BrN3O2S/c1-3-6-16-14-13(9-12(15)10-17-14)21(19,20)18-7-4-11(2)5-8-18/h9-11H,3-8H2,1-2H3,(H,16,17). The number of halogens is 1. The quantitative estimate of drug-likeness (QED) is 0.858. The summed E-state index contributed by atoms with van der Waals surface area (Å²) in [6.07, 6.45) is 4.37. The minimum Gasteiger partial charge on any atom is -0.369 e. The van der Waals surface area contributed by atoms with Gasteiger partial charge < -0.3 is 5.32 Å². The molecule has 0 saturated carbocycles. The van der Waals surface area contributed by atoms with Crippen LogP contribution in [0.5, 0.6) is 0 Å². The van der Waals surface area contributed by atoms with E-state index < -0.39 is 10.0 Å². The highest BCUT2D eigenvalue weighted by Gasteiger charge is 2.30. The van der Waals surface area contributed by atoms with Crippen molar-refractivity contribution in [2.24, 2.45) is 5.92 Å². The van der Waals surface area contributed by atoms with Gasteiger partial charge in [0.2, 0.25) is 10.0 Å². The van der Waals surface area contributed by atoms with Crippen LogP contribution in [-0.2, 0) is 10.0 Å². The molecule has 1 fully saturated rings. The molecule has 1 aliphatic heterocycles. The summed E-state index contributed by atoms with van der Waals surface area (Å²) in [4.78, 5) is 4.49. The Morgan fingerprint density at radius 2 is 2.10 bits per heavy atom. The molecule has 0 bridgehead atoms. The van der Waals surface area contributed by atoms with E-state index in [4.69, 9.17) is 0 Å². The number of nitrogens with one attached hydrogen (secondary N) is 1. The Kier molecular flexibility index (Phi) is 5.62. The van der Waals surface area contributed by atoms with Gasteiger partial charge in [0.05, 0.1) is 0 Å². The van der Waals surface area contributed by atoms with Gasteiger partial charge in [-0.2, -0.15) is 4.31 Å². The molecule has 0 spiro atoms. The molecular formula is C14H22BrN3O2S. The van der Waals surface area contributed by atoms with E-state index in [1.807, 2.05) is 6.92 Å². The van der Waals surface area contributed by atoms with E-state index in [1.54, 1.807) is 16.6 Å². The lowest BCUT2D eigenvalue weighted by atomic mass is 10.0. The molecule has 0 atom stereocenters. The van der Waals surface area contributed by atoms with Crippen LogP contribution in [0.25, 0.3) is 0 Å². The predicted octanol–water partition coefficient (Wildman–Crippen LogP) is 3.09. The van der Waals surface area contributed by atoms with Gasteiger partial charge in [-0.1, -0.05) is 13.8 Å². The smallest absolute Gasteiger partial charge is 0.246 e. The summed E-state index contributed by atoms with van der Waals surface area (Å²) in [5.41, 5.74) is 0. The molecule has 1 aromatic rings. The van der Waals surface area contributed by atoms with Crippen LogP contribution < -0.4 is 5.32 Å². The Hall–Kier alpha value is -0.660. The first-order valence-electron chi connectivity index (χ1n) is 7.34. The molecule has 0 aromatic carbocycles. The lowest BCUT2D eigenvalue weighted by molar-refractivity contribution is 0.288. The number of sulfonamides is 1. The van der Waals surface area contributed by atoms with Crippen molar-refractivity contribution in [2.45, 2.75) is 38.0 Å². The average Bonchev–Trinajstić information content (AvgIpc) is 2.46. The normalized spacial score (nSPS) is 17.9. The molecule has 0 amide bonds. The third-order valence-electron chi connectivity index (χ3n) is 3.72. The summed E-state index contributed by atoms with van der Waals surface area (Å²) in [6.45, 7) is 6.07. The molecule has 1 aliphatic rings. The second kappa shape index (κ2) is 7.07. The van der Waals surface area contributed by atoms with Crippen molar-refractivity contribution in [3.8, 4) is 0 Å². The van der Waals surface area contributed by atoms with Gasteiger partial charge in [0, 0.05) is 30.3 Å². The zero-order valence-electron chi connectivity index (χ0n) is 12.5. The highest BCUT2D eigenvalue weighted by Crippen LogP contribution is 2.29. The van der Waals surface area contributed by atoms with Gasteiger partial charge in [-0.25, -0.2) is 13.4 Å². The van der Waals surface area contributed by atoms with E-state index in [1.165, 1.54) is 0 Å². The molecule has 0 aliphatic carbocycles. The van der Waals surface area contributed by atoms with Crippen molar-refractivity contribution in [1.82, 2.24) is 9.29 Å². The number of piperidine rings is 1. The summed E-state index contributed by atoms with van der Waals surface area (Å²) < 4.78 is 28.0. The molecule has 21 heavy (non-hydrogen) atoms. The molecule has 0 radical (unpaired) electrons. The lowest BCUT2D eigenvalue weighted by Crippen LogP contribution is -2.38. The minimum absolute atomic E-state index is 0.264. The Bertz CT molecular complexity index is 584. The topological polar surface area (TPSA) is 62.3 Å². The van der Waals surface area contributed by atoms with Crippen LogP contribution in [0.15, 0.2) is 21.6 Å². The molecular weight excluding hydrogens is 354 g/mol. The van der Waals surface area contributed by atoms with Gasteiger partial charge in [-0.15, -0.1) is 0 Å². The SMILES string of the molecule is CCCNc1ncc(Br)cc1S(=O)(=O)N1CCC(C)CC1. The van der Waals surface area contributed by atoms with Crippen molar-refractivity contribution in [2.75, 3.05) is 25.0 Å². The first-order valence-corrected chi connectivity index (χ1v) is 9.58. The molecule has 5 nitrogen and oxygen atoms in total. The van der Waals surface area contributed by atoms with E-state index in [0.29, 0.717) is 35.8 Å². The highest BCUT2D eigenvalue weighted by atomic mass is 79.9. The fourth-order valence-corrected chi connectivity index (χ4v) is 4.46. The number of nitrogens with zero attached hydrogens (tertiary/aromatic N) is 2. The summed E-state index contributed by atoms with van der Waals surface area (Å²) in [5.74, 6) is 1.04. The third kappa shape index (κ3) is 3.96. The van der Waals surface area contributed by atoms with Crippen molar-refractivity contribution in [3.05, 3.63) is 16.7 Å². The van der Waals surface area contributed by atoms with Crippen LogP contribution in [0.2, 0.25) is 0 Å². The Balaban J connectivity index is 2.32. The third-order valence-corrected chi connectivity index (χ3v) is 6.07. The van der Waals surface area contributed by atoms with E-state index in [0.717, 1.165) is 19.3 Å². The molecule has 0 unspecified atom stereocenters. The summed E-state index contributed by atoms with van der Waals surface area (Å²) >= 11 is 3.32. The molecule has 2 rings (SSSR count). The van der Waals surface area contributed by atoms with Gasteiger partial charge in [0.1, 0.15) is 10.7 Å². The summed E-state index contributed by atoms with van der Waals surface area (Å²) in [5, 5.41) is 3.11. The lowest BCUT2D eigenvalue weighted by Gasteiger charge is -2.29. The molecule has 7 heteroatoms. The molecule has 1 N–H and O–H groups in total. The fourth-order valence-electron chi connectivity index (χ4n) is 2.36. The van der Waals surface area contributed by atoms with Gasteiger partial charge >= 0.3 is 0 Å². The van der Waals surface area contributed by atoms with Crippen LogP contribution in [0, 0.1) is 5.92 Å². The summed E-state index contributed by atoms with van der Waals surface area (Å²) in [6, 6.07) is 1.64. The van der Waals surface area contributed by atoms with Gasteiger partial charge in [0.15, 0.2) is 0 Å². The van der Waals surface area contributed by atoms with Crippen LogP contribution in [0.3, 0.4) is 0 Å². The second-order valence-electron chi connectivity index (χ2n) is 5.51. The van der Waals surface area contributed by atoms with E-state index in [2.05, 4.69) is 33.2 Å². The van der Waals surface area contributed by atoms with Crippen LogP contribution >= 0.6 is 15.9 Å². The van der Waals surface area contributed by atoms with Crippen LogP contribution in [0.4, 0.5) is 5.82 Å². The number of hydrogen-bond donors (Lipinski definition) is 1. The number of rotatable bonds is 5. The second-order valence-corrected chi connectivity index (χ2v) is 8.34. The van der Waals surface area contributed by atoms with E-state index in [9.17, 15) is 8.42 Å². The first kappa shape index (κ1) is 16.7. The fraction of sp³-hybridized carbons (Fsp3) is 0.643. The van der Waals surface area contributed by atoms with Crippen molar-refractivity contribution >= 4 is 31.8 Å². The Morgan fingerprint density at radius 3 is 2.71 bits per heavy atom. The maximum absolute atomic E-state index is 12.9. The predicted molar refractivity (Wildman–Crippen MR) is 87.9 cm³/mol. The number of pyridine rings is 1. The van der Waals surface area contributed by atoms with Crippen molar-refractivity contribution < 1.29 is 8.42 Å². The maximum Gasteiger partial charge on any atom is 0.246 e. The molecule has 2 heterocycles. The first-order chi connectivity index (χ1) is 9.95. The average molecular weight is 376 g/mol. The van der Waals surface area contributed by atoms with Crippen molar-refractivity contribution in [3.63, 3.8) is 0 Å². The molecule has 1 aromatic heterocycles. The Labute approximate surface area is 135 Å². The largest absolute Gasteiger partial charge is 0.369 e. The van der Waals surface area contributed by atoms with Gasteiger partial charge in [-0.3, -0.25) is 0 Å². The zero-order chi connectivity index (χ0) is 15.5. The van der Waals surface area contributed by atoms with Crippen LogP contribution in [0.1, 0.15) is 33.1 Å². The van der Waals surface area contributed by atoms with E-state index >= 15 is 0 Å². The van der Waals surface area contributed by atoms with Gasteiger partial charge in [0.25, 0.3) is 0 Å². The number of aromatic nitrogens is 1. The minimum atomic E-state index is -3.49. The van der Waals surface area contributed by atoms with Crippen molar-refractivity contribution in [1.29, 1.82) is 0 Å². The highest BCUT2D eigenvalue weighted by molar-refractivity contribution is 9.10. The maximum atomic E-state index is 12.9. The molecule has 118 valence electrons. The van der Waals surface area contributed by atoms with E-state index in [-0.39, 0.29) is 4.90 Å². The number of anilines is 1. The number of hydrogen-bond acceptors (Lipinski definition) is 4. The zero-order valence-corrected chi connectivity index (χ0v) is 14.9. The molecule has 1 saturated heterocycles. The van der Waals surface area contributed by atoms with Gasteiger partial charge in [-0.05, 0) is 47.2 Å². The summed E-state index contributed by atoms with van der Waals surface area (Å²) in [7, 11) is -3.49. The Morgan fingerprint density at radius 1 is 1.43 bits per heavy atom. The monoisotopic (exact) mass is 375 g/mol. The van der Waals surface area contributed by atoms with Crippen LogP contribution in [-0.4, -0.2) is 37.3 Å².